The number of rotatable bonds is 7. The summed E-state index contributed by atoms with van der Waals surface area (Å²) >= 11 is 7.34. The van der Waals surface area contributed by atoms with Crippen molar-refractivity contribution in [3.63, 3.8) is 0 Å². The quantitative estimate of drug-likeness (QED) is 0.253. The summed E-state index contributed by atoms with van der Waals surface area (Å²) in [6.45, 7) is 3.93. The fourth-order valence-electron chi connectivity index (χ4n) is 4.01. The van der Waals surface area contributed by atoms with Crippen molar-refractivity contribution in [2.75, 3.05) is 5.75 Å². The number of hydrogen-bond acceptors (Lipinski definition) is 5. The molecular formula is C25H28ClN5OS. The number of aromatic nitrogens is 3. The normalized spacial score (nSPS) is 14.9. The van der Waals surface area contributed by atoms with E-state index >= 15 is 0 Å². The molecule has 3 aromatic rings. The maximum Gasteiger partial charge on any atom is 0.250 e. The highest BCUT2D eigenvalue weighted by Crippen LogP contribution is 2.35. The zero-order valence-electron chi connectivity index (χ0n) is 18.9. The Morgan fingerprint density at radius 1 is 1.09 bits per heavy atom. The van der Waals surface area contributed by atoms with Crippen molar-refractivity contribution in [1.29, 1.82) is 0 Å². The van der Waals surface area contributed by atoms with Crippen LogP contribution in [-0.4, -0.2) is 32.1 Å². The molecule has 1 saturated carbocycles. The van der Waals surface area contributed by atoms with Gasteiger partial charge in [-0.25, -0.2) is 5.43 Å². The van der Waals surface area contributed by atoms with E-state index < -0.39 is 0 Å². The van der Waals surface area contributed by atoms with Crippen molar-refractivity contribution in [2.24, 2.45) is 5.10 Å². The van der Waals surface area contributed by atoms with Crippen LogP contribution < -0.4 is 5.43 Å². The molecule has 0 radical (unpaired) electrons. The first-order valence-corrected chi connectivity index (χ1v) is 12.6. The molecule has 0 unspecified atom stereocenters. The van der Waals surface area contributed by atoms with Gasteiger partial charge in [-0.15, -0.1) is 10.2 Å². The lowest BCUT2D eigenvalue weighted by Gasteiger charge is -2.25. The van der Waals surface area contributed by atoms with Crippen LogP contribution in [0.2, 0.25) is 5.02 Å². The standard InChI is InChI=1S/C25H28ClN5OS/c1-17-8-10-20(11-9-17)24-29-30-25(31(24)22-6-4-3-5-7-22)33-16-23(32)28-27-18(2)19-12-14-21(26)15-13-19/h8-15,22H,3-7,16H2,1-2H3,(H,28,32)/b27-18-. The zero-order chi connectivity index (χ0) is 23.2. The maximum absolute atomic E-state index is 12.5. The zero-order valence-corrected chi connectivity index (χ0v) is 20.5. The largest absolute Gasteiger partial charge is 0.299 e. The maximum atomic E-state index is 12.5. The first kappa shape index (κ1) is 23.5. The molecule has 172 valence electrons. The lowest BCUT2D eigenvalue weighted by atomic mass is 9.95. The molecule has 0 atom stereocenters. The second kappa shape index (κ2) is 11.0. The second-order valence-corrected chi connectivity index (χ2v) is 9.74. The highest BCUT2D eigenvalue weighted by Gasteiger charge is 2.24. The SMILES string of the molecule is C/C(=N/NC(=O)CSc1nnc(-c2ccc(C)cc2)n1C1CCCCC1)c1ccc(Cl)cc1. The van der Waals surface area contributed by atoms with E-state index in [0.29, 0.717) is 11.1 Å². The van der Waals surface area contributed by atoms with Crippen molar-refractivity contribution in [3.8, 4) is 11.4 Å². The molecule has 1 aliphatic carbocycles. The molecular weight excluding hydrogens is 454 g/mol. The summed E-state index contributed by atoms with van der Waals surface area (Å²) in [5, 5.41) is 14.6. The molecule has 8 heteroatoms. The van der Waals surface area contributed by atoms with Gasteiger partial charge in [-0.3, -0.25) is 9.36 Å². The van der Waals surface area contributed by atoms with Gasteiger partial charge in [0, 0.05) is 16.6 Å². The van der Waals surface area contributed by atoms with Crippen LogP contribution in [0.1, 0.15) is 56.2 Å². The summed E-state index contributed by atoms with van der Waals surface area (Å²) < 4.78 is 2.24. The van der Waals surface area contributed by atoms with Crippen LogP contribution in [0, 0.1) is 6.92 Å². The monoisotopic (exact) mass is 481 g/mol. The Balaban J connectivity index is 1.47. The van der Waals surface area contributed by atoms with Crippen LogP contribution in [0.3, 0.4) is 0 Å². The molecule has 0 bridgehead atoms. The molecule has 33 heavy (non-hydrogen) atoms. The fourth-order valence-corrected chi connectivity index (χ4v) is 4.93. The van der Waals surface area contributed by atoms with Gasteiger partial charge in [0.1, 0.15) is 0 Å². The summed E-state index contributed by atoms with van der Waals surface area (Å²) in [4.78, 5) is 12.5. The van der Waals surface area contributed by atoms with Gasteiger partial charge in [-0.2, -0.15) is 5.10 Å². The van der Waals surface area contributed by atoms with Crippen LogP contribution >= 0.6 is 23.4 Å². The van der Waals surface area contributed by atoms with Gasteiger partial charge in [0.05, 0.1) is 11.5 Å². The van der Waals surface area contributed by atoms with Gasteiger partial charge in [0.15, 0.2) is 11.0 Å². The van der Waals surface area contributed by atoms with Gasteiger partial charge >= 0.3 is 0 Å². The van der Waals surface area contributed by atoms with Crippen LogP contribution in [0.4, 0.5) is 0 Å². The average Bonchev–Trinajstić information content (AvgIpc) is 3.26. The van der Waals surface area contributed by atoms with Gasteiger partial charge in [0.25, 0.3) is 5.91 Å². The predicted molar refractivity (Wildman–Crippen MR) is 135 cm³/mol. The van der Waals surface area contributed by atoms with Crippen LogP contribution in [0.25, 0.3) is 11.4 Å². The molecule has 0 saturated heterocycles. The molecule has 1 heterocycles. The average molecular weight is 482 g/mol. The molecule has 0 aliphatic heterocycles. The number of hydrazone groups is 1. The summed E-state index contributed by atoms with van der Waals surface area (Å²) in [6.07, 6.45) is 5.91. The van der Waals surface area contributed by atoms with Crippen molar-refractivity contribution >= 4 is 35.0 Å². The van der Waals surface area contributed by atoms with E-state index in [1.165, 1.54) is 36.6 Å². The molecule has 1 aromatic heterocycles. The van der Waals surface area contributed by atoms with Gasteiger partial charge in [0.2, 0.25) is 0 Å². The van der Waals surface area contributed by atoms with Gasteiger partial charge < -0.3 is 0 Å². The Labute approximate surface area is 203 Å². The Kier molecular flexibility index (Phi) is 7.83. The molecule has 1 aliphatic rings. The van der Waals surface area contributed by atoms with E-state index in [1.54, 1.807) is 12.1 Å². The van der Waals surface area contributed by atoms with Gasteiger partial charge in [-0.05, 0) is 44.4 Å². The Morgan fingerprint density at radius 2 is 1.79 bits per heavy atom. The minimum atomic E-state index is -0.177. The summed E-state index contributed by atoms with van der Waals surface area (Å²) in [5.74, 6) is 0.917. The number of carbonyl (C=O) groups excluding carboxylic acids is 1. The van der Waals surface area contributed by atoms with Crippen LogP contribution in [0.15, 0.2) is 58.8 Å². The molecule has 6 nitrogen and oxygen atoms in total. The smallest absolute Gasteiger partial charge is 0.250 e. The van der Waals surface area contributed by atoms with E-state index in [1.807, 2.05) is 19.1 Å². The molecule has 1 N–H and O–H groups in total. The third-order valence-electron chi connectivity index (χ3n) is 5.86. The third kappa shape index (κ3) is 6.03. The highest BCUT2D eigenvalue weighted by atomic mass is 35.5. The minimum Gasteiger partial charge on any atom is -0.299 e. The summed E-state index contributed by atoms with van der Waals surface area (Å²) in [7, 11) is 0. The number of nitrogens with zero attached hydrogens (tertiary/aromatic N) is 4. The van der Waals surface area contributed by atoms with E-state index in [2.05, 4.69) is 56.5 Å². The Bertz CT molecular complexity index is 1120. The first-order valence-electron chi connectivity index (χ1n) is 11.2. The lowest BCUT2D eigenvalue weighted by Crippen LogP contribution is -2.22. The predicted octanol–water partition coefficient (Wildman–Crippen LogP) is 6.04. The van der Waals surface area contributed by atoms with E-state index in [0.717, 1.165) is 40.7 Å². The lowest BCUT2D eigenvalue weighted by molar-refractivity contribution is -0.118. The summed E-state index contributed by atoms with van der Waals surface area (Å²) in [5.41, 5.74) is 6.54. The number of halogens is 1. The van der Waals surface area contributed by atoms with Crippen LogP contribution in [-0.2, 0) is 4.79 Å². The topological polar surface area (TPSA) is 72.2 Å². The van der Waals surface area contributed by atoms with E-state index in [4.69, 9.17) is 11.6 Å². The number of hydrogen-bond donors (Lipinski definition) is 1. The highest BCUT2D eigenvalue weighted by molar-refractivity contribution is 7.99. The Morgan fingerprint density at radius 3 is 2.48 bits per heavy atom. The third-order valence-corrected chi connectivity index (χ3v) is 7.05. The number of amides is 1. The summed E-state index contributed by atoms with van der Waals surface area (Å²) in [6, 6.07) is 16.1. The van der Waals surface area contributed by atoms with Crippen molar-refractivity contribution < 1.29 is 4.79 Å². The number of aryl methyl sites for hydroxylation is 1. The number of benzene rings is 2. The first-order chi connectivity index (χ1) is 16.0. The van der Waals surface area contributed by atoms with Crippen molar-refractivity contribution in [2.45, 2.75) is 57.1 Å². The molecule has 1 amide bonds. The number of thioether (sulfide) groups is 1. The van der Waals surface area contributed by atoms with Crippen molar-refractivity contribution in [3.05, 3.63) is 64.7 Å². The van der Waals surface area contributed by atoms with E-state index in [-0.39, 0.29) is 11.7 Å². The molecule has 0 spiro atoms. The van der Waals surface area contributed by atoms with E-state index in [9.17, 15) is 4.79 Å². The number of nitrogens with one attached hydrogen (secondary N) is 1. The minimum absolute atomic E-state index is 0.177. The van der Waals surface area contributed by atoms with Gasteiger partial charge in [-0.1, -0.05) is 84.6 Å². The number of carbonyl (C=O) groups is 1. The second-order valence-electron chi connectivity index (χ2n) is 8.36. The molecule has 2 aromatic carbocycles. The molecule has 1 fully saturated rings. The Hall–Kier alpha value is -2.64. The molecule has 4 rings (SSSR count). The van der Waals surface area contributed by atoms with Crippen molar-refractivity contribution in [1.82, 2.24) is 20.2 Å². The fraction of sp³-hybridized carbons (Fsp3) is 0.360. The van der Waals surface area contributed by atoms with Crippen LogP contribution in [0.5, 0.6) is 0 Å².